The third kappa shape index (κ3) is 5.02. The smallest absolute Gasteiger partial charge is 0.258 e. The Morgan fingerprint density at radius 3 is 2.66 bits per heavy atom. The first-order valence-corrected chi connectivity index (χ1v) is 9.64. The first kappa shape index (κ1) is 20.6. The molecule has 1 amide bonds. The van der Waals surface area contributed by atoms with Crippen molar-refractivity contribution in [2.24, 2.45) is 0 Å². The molecule has 0 radical (unpaired) electrons. The van der Waals surface area contributed by atoms with Gasteiger partial charge in [0, 0.05) is 18.9 Å². The Kier molecular flexibility index (Phi) is 6.32. The van der Waals surface area contributed by atoms with Gasteiger partial charge >= 0.3 is 0 Å². The third-order valence-electron chi connectivity index (χ3n) is 4.74. The van der Waals surface area contributed by atoms with Crippen molar-refractivity contribution < 1.29 is 13.9 Å². The van der Waals surface area contributed by atoms with E-state index < -0.39 is 0 Å². The molecule has 0 atom stereocenters. The largest absolute Gasteiger partial charge is 0.483 e. The number of aryl methyl sites for hydroxylation is 2. The van der Waals surface area contributed by atoms with E-state index in [0.717, 1.165) is 16.9 Å². The molecule has 0 spiro atoms. The van der Waals surface area contributed by atoms with Gasteiger partial charge in [-0.3, -0.25) is 4.79 Å². The molecule has 1 aromatic heterocycles. The molecule has 0 aliphatic rings. The van der Waals surface area contributed by atoms with Crippen LogP contribution in [0.2, 0.25) is 0 Å². The van der Waals surface area contributed by atoms with Gasteiger partial charge in [0.1, 0.15) is 17.4 Å². The van der Waals surface area contributed by atoms with Crippen LogP contribution in [0.3, 0.4) is 0 Å². The second kappa shape index (κ2) is 8.90. The van der Waals surface area contributed by atoms with Gasteiger partial charge in [0.05, 0.1) is 5.69 Å². The number of carbonyl (C=O) groups is 1. The molecule has 0 fully saturated rings. The van der Waals surface area contributed by atoms with E-state index in [9.17, 15) is 9.18 Å². The van der Waals surface area contributed by atoms with Gasteiger partial charge in [-0.25, -0.2) is 9.37 Å². The molecule has 0 bridgehead atoms. The van der Waals surface area contributed by atoms with Gasteiger partial charge in [-0.15, -0.1) is 0 Å². The normalized spacial score (nSPS) is 11.0. The first-order valence-electron chi connectivity index (χ1n) is 9.64. The predicted octanol–water partition coefficient (Wildman–Crippen LogP) is 4.45. The van der Waals surface area contributed by atoms with Crippen LogP contribution in [0.25, 0.3) is 5.69 Å². The number of hydrogen-bond acceptors (Lipinski definition) is 3. The number of nitrogens with zero attached hydrogens (tertiary/aromatic N) is 2. The molecular weight excluding hydrogens is 369 g/mol. The molecule has 0 aliphatic heterocycles. The topological polar surface area (TPSA) is 56.1 Å². The van der Waals surface area contributed by atoms with Gasteiger partial charge in [0.15, 0.2) is 6.61 Å². The van der Waals surface area contributed by atoms with Crippen molar-refractivity contribution in [1.29, 1.82) is 0 Å². The van der Waals surface area contributed by atoms with Crippen molar-refractivity contribution >= 4 is 5.91 Å². The molecule has 2 aromatic carbocycles. The Balaban J connectivity index is 1.58. The molecule has 29 heavy (non-hydrogen) atoms. The fourth-order valence-electron chi connectivity index (χ4n) is 3.13. The Labute approximate surface area is 170 Å². The fourth-order valence-corrected chi connectivity index (χ4v) is 3.13. The average molecular weight is 395 g/mol. The Hall–Kier alpha value is -3.15. The molecule has 0 saturated heterocycles. The van der Waals surface area contributed by atoms with Crippen LogP contribution in [-0.2, 0) is 11.3 Å². The lowest BCUT2D eigenvalue weighted by Gasteiger charge is -2.15. The molecule has 0 unspecified atom stereocenters. The zero-order chi connectivity index (χ0) is 21.0. The van der Waals surface area contributed by atoms with Crippen molar-refractivity contribution in [2.45, 2.75) is 40.2 Å². The molecule has 3 aromatic rings. The van der Waals surface area contributed by atoms with E-state index in [2.05, 4.69) is 24.1 Å². The number of nitrogens with one attached hydrogen (secondary N) is 1. The third-order valence-corrected chi connectivity index (χ3v) is 4.74. The molecule has 152 valence electrons. The van der Waals surface area contributed by atoms with Crippen LogP contribution < -0.4 is 10.1 Å². The Bertz CT molecular complexity index is 1010. The fraction of sp³-hybridized carbons (Fsp3) is 0.304. The standard InChI is InChI=1S/C23H26FN3O2/c1-15(2)19-7-5-16(3)11-22(19)29-14-23(28)26-13-18-6-8-21(20(24)12-18)27-10-9-25-17(27)4/h5-12,15H,13-14H2,1-4H3,(H,26,28). The lowest BCUT2D eigenvalue weighted by atomic mass is 10.0. The summed E-state index contributed by atoms with van der Waals surface area (Å²) in [5.74, 6) is 1.11. The minimum Gasteiger partial charge on any atom is -0.483 e. The maximum atomic E-state index is 14.5. The minimum absolute atomic E-state index is 0.0853. The van der Waals surface area contributed by atoms with E-state index in [4.69, 9.17) is 4.74 Å². The zero-order valence-electron chi connectivity index (χ0n) is 17.2. The SMILES string of the molecule is Cc1ccc(C(C)C)c(OCC(=O)NCc2ccc(-n3ccnc3C)c(F)c2)c1. The van der Waals surface area contributed by atoms with Crippen LogP contribution in [0.4, 0.5) is 4.39 Å². The number of ether oxygens (including phenoxy) is 1. The van der Waals surface area contributed by atoms with E-state index in [1.165, 1.54) is 6.07 Å². The van der Waals surface area contributed by atoms with Gasteiger partial charge in [0.2, 0.25) is 0 Å². The lowest BCUT2D eigenvalue weighted by Crippen LogP contribution is -2.28. The molecule has 6 heteroatoms. The number of rotatable bonds is 7. The van der Waals surface area contributed by atoms with Crippen LogP contribution in [0.5, 0.6) is 5.75 Å². The van der Waals surface area contributed by atoms with Crippen LogP contribution in [0.15, 0.2) is 48.8 Å². The number of aromatic nitrogens is 2. The summed E-state index contributed by atoms with van der Waals surface area (Å²) in [5.41, 5.74) is 3.25. The number of amides is 1. The number of carbonyl (C=O) groups excluding carboxylic acids is 1. The highest BCUT2D eigenvalue weighted by Gasteiger charge is 2.11. The van der Waals surface area contributed by atoms with E-state index in [1.54, 1.807) is 29.1 Å². The van der Waals surface area contributed by atoms with Crippen molar-refractivity contribution in [3.63, 3.8) is 0 Å². The van der Waals surface area contributed by atoms with E-state index in [-0.39, 0.29) is 24.9 Å². The van der Waals surface area contributed by atoms with E-state index >= 15 is 0 Å². The Morgan fingerprint density at radius 1 is 1.21 bits per heavy atom. The van der Waals surface area contributed by atoms with Crippen LogP contribution in [-0.4, -0.2) is 22.1 Å². The zero-order valence-corrected chi connectivity index (χ0v) is 17.2. The summed E-state index contributed by atoms with van der Waals surface area (Å²) in [4.78, 5) is 16.3. The quantitative estimate of drug-likeness (QED) is 0.643. The highest BCUT2D eigenvalue weighted by atomic mass is 19.1. The second-order valence-electron chi connectivity index (χ2n) is 7.39. The maximum absolute atomic E-state index is 14.5. The molecule has 1 N–H and O–H groups in total. The van der Waals surface area contributed by atoms with Crippen molar-refractivity contribution in [1.82, 2.24) is 14.9 Å². The summed E-state index contributed by atoms with van der Waals surface area (Å²) in [5, 5.41) is 2.78. The van der Waals surface area contributed by atoms with Crippen molar-refractivity contribution in [3.05, 3.63) is 77.1 Å². The summed E-state index contributed by atoms with van der Waals surface area (Å²) >= 11 is 0. The maximum Gasteiger partial charge on any atom is 0.258 e. The molecule has 0 saturated carbocycles. The lowest BCUT2D eigenvalue weighted by molar-refractivity contribution is -0.123. The van der Waals surface area contributed by atoms with Gasteiger partial charge in [-0.1, -0.05) is 32.0 Å². The summed E-state index contributed by atoms with van der Waals surface area (Å²) in [7, 11) is 0. The monoisotopic (exact) mass is 395 g/mol. The predicted molar refractivity (Wildman–Crippen MR) is 111 cm³/mol. The number of hydrogen-bond donors (Lipinski definition) is 1. The minimum atomic E-state index is -0.365. The molecule has 0 aliphatic carbocycles. The number of benzene rings is 2. The highest BCUT2D eigenvalue weighted by molar-refractivity contribution is 5.77. The van der Waals surface area contributed by atoms with Gasteiger partial charge in [-0.05, 0) is 54.7 Å². The molecular formula is C23H26FN3O2. The first-order chi connectivity index (χ1) is 13.8. The number of halogens is 1. The summed E-state index contributed by atoms with van der Waals surface area (Å²) in [6.07, 6.45) is 3.34. The summed E-state index contributed by atoms with van der Waals surface area (Å²) in [6, 6.07) is 10.9. The van der Waals surface area contributed by atoms with E-state index in [1.807, 2.05) is 32.0 Å². The van der Waals surface area contributed by atoms with E-state index in [0.29, 0.717) is 23.0 Å². The summed E-state index contributed by atoms with van der Waals surface area (Å²) < 4.78 is 21.9. The van der Waals surface area contributed by atoms with Gasteiger partial charge < -0.3 is 14.6 Å². The Morgan fingerprint density at radius 2 is 2.00 bits per heavy atom. The van der Waals surface area contributed by atoms with Crippen molar-refractivity contribution in [3.8, 4) is 11.4 Å². The number of imidazole rings is 1. The molecule has 3 rings (SSSR count). The van der Waals surface area contributed by atoms with Crippen LogP contribution >= 0.6 is 0 Å². The van der Waals surface area contributed by atoms with Crippen LogP contribution in [0.1, 0.15) is 42.3 Å². The second-order valence-corrected chi connectivity index (χ2v) is 7.39. The molecule has 1 heterocycles. The van der Waals surface area contributed by atoms with Crippen LogP contribution in [0, 0.1) is 19.7 Å². The summed E-state index contributed by atoms with van der Waals surface area (Å²) in [6.45, 7) is 8.11. The van der Waals surface area contributed by atoms with Crippen molar-refractivity contribution in [2.75, 3.05) is 6.61 Å². The highest BCUT2D eigenvalue weighted by Crippen LogP contribution is 2.27. The van der Waals surface area contributed by atoms with Gasteiger partial charge in [0.25, 0.3) is 5.91 Å². The van der Waals surface area contributed by atoms with Gasteiger partial charge in [-0.2, -0.15) is 0 Å². The average Bonchev–Trinajstić information content (AvgIpc) is 3.10. The molecule has 5 nitrogen and oxygen atoms in total.